The third kappa shape index (κ3) is 3.05. The van der Waals surface area contributed by atoms with Gasteiger partial charge in [-0.25, -0.2) is 4.98 Å². The van der Waals surface area contributed by atoms with Crippen molar-refractivity contribution < 1.29 is 27.4 Å². The quantitative estimate of drug-likeness (QED) is 0.761. The smallest absolute Gasteiger partial charge is 0.356 e. The van der Waals surface area contributed by atoms with Crippen LogP contribution in [-0.2, 0) is 27.0 Å². The molecule has 1 aromatic heterocycles. The fourth-order valence-corrected chi connectivity index (χ4v) is 1.70. The Morgan fingerprint density at radius 3 is 2.67 bits per heavy atom. The Morgan fingerprint density at radius 1 is 1.43 bits per heavy atom. The summed E-state index contributed by atoms with van der Waals surface area (Å²) in [5, 5.41) is 0. The van der Waals surface area contributed by atoms with Gasteiger partial charge in [-0.05, 0) is 6.92 Å². The van der Waals surface area contributed by atoms with Crippen LogP contribution in [0.5, 0.6) is 0 Å². The largest absolute Gasteiger partial charge is 0.433 e. The second kappa shape index (κ2) is 5.45. The molecule has 1 aromatic rings. The van der Waals surface area contributed by atoms with Crippen molar-refractivity contribution in [2.24, 2.45) is 0 Å². The van der Waals surface area contributed by atoms with Gasteiger partial charge < -0.3 is 9.47 Å². The maximum absolute atomic E-state index is 12.7. The van der Waals surface area contributed by atoms with E-state index in [1.807, 2.05) is 0 Å². The second-order valence-electron chi connectivity index (χ2n) is 4.28. The monoisotopic (exact) mass is 307 g/mol. The summed E-state index contributed by atoms with van der Waals surface area (Å²) in [6.45, 7) is 0.818. The molecule has 1 aliphatic heterocycles. The number of rotatable bonds is 4. The Bertz CT molecular complexity index is 614. The molecule has 0 N–H and O–H groups in total. The minimum Gasteiger partial charge on any atom is -0.356 e. The number of hydrogen-bond acceptors (Lipinski definition) is 5. The Kier molecular flexibility index (Phi) is 4.01. The molecular formula is C11H12F3N3O4. The van der Waals surface area contributed by atoms with Gasteiger partial charge in [0, 0.05) is 13.2 Å². The number of carbonyl (C=O) groups is 1. The zero-order valence-corrected chi connectivity index (χ0v) is 11.2. The molecule has 0 spiro atoms. The van der Waals surface area contributed by atoms with E-state index in [0.29, 0.717) is 6.07 Å². The predicted octanol–water partition coefficient (Wildman–Crippen LogP) is 0.575. The van der Waals surface area contributed by atoms with E-state index in [9.17, 15) is 22.8 Å². The van der Waals surface area contributed by atoms with Crippen LogP contribution < -0.4 is 10.5 Å². The summed E-state index contributed by atoms with van der Waals surface area (Å²) in [4.78, 5) is 27.6. The lowest BCUT2D eigenvalue weighted by atomic mass is 10.4. The molecule has 0 aromatic carbocycles. The minimum absolute atomic E-state index is 0.360. The summed E-state index contributed by atoms with van der Waals surface area (Å²) in [5.74, 6) is -0.967. The average Bonchev–Trinajstić information content (AvgIpc) is 2.71. The number of halogens is 3. The SMILES string of the molecule is COC(C)OCN1C(=O)Cn2c1nc(C(F)(F)F)cc2=O. The Balaban J connectivity index is 2.36. The maximum Gasteiger partial charge on any atom is 0.433 e. The highest BCUT2D eigenvalue weighted by molar-refractivity contribution is 5.94. The molecule has 21 heavy (non-hydrogen) atoms. The molecule has 1 aliphatic rings. The molecule has 0 radical (unpaired) electrons. The normalized spacial score (nSPS) is 16.2. The molecule has 2 heterocycles. The van der Waals surface area contributed by atoms with E-state index in [1.165, 1.54) is 7.11 Å². The highest BCUT2D eigenvalue weighted by atomic mass is 19.4. The first-order valence-corrected chi connectivity index (χ1v) is 5.88. The summed E-state index contributed by atoms with van der Waals surface area (Å²) < 4.78 is 48.8. The predicted molar refractivity (Wildman–Crippen MR) is 63.4 cm³/mol. The van der Waals surface area contributed by atoms with Crippen LogP contribution in [0, 0.1) is 0 Å². The van der Waals surface area contributed by atoms with Crippen molar-refractivity contribution in [3.8, 4) is 0 Å². The first-order valence-electron chi connectivity index (χ1n) is 5.88. The van der Waals surface area contributed by atoms with Crippen molar-refractivity contribution in [2.45, 2.75) is 25.9 Å². The van der Waals surface area contributed by atoms with Crippen LogP contribution in [0.2, 0.25) is 0 Å². The van der Waals surface area contributed by atoms with Crippen molar-refractivity contribution in [1.29, 1.82) is 0 Å². The molecule has 0 saturated carbocycles. The number of hydrogen-bond donors (Lipinski definition) is 0. The topological polar surface area (TPSA) is 73.7 Å². The lowest BCUT2D eigenvalue weighted by molar-refractivity contribution is -0.141. The highest BCUT2D eigenvalue weighted by Crippen LogP contribution is 2.29. The van der Waals surface area contributed by atoms with Crippen molar-refractivity contribution >= 4 is 11.9 Å². The van der Waals surface area contributed by atoms with Gasteiger partial charge in [-0.1, -0.05) is 0 Å². The van der Waals surface area contributed by atoms with E-state index in [1.54, 1.807) is 6.92 Å². The van der Waals surface area contributed by atoms with Gasteiger partial charge in [0.2, 0.25) is 5.95 Å². The van der Waals surface area contributed by atoms with Crippen molar-refractivity contribution in [3.05, 3.63) is 22.1 Å². The van der Waals surface area contributed by atoms with Gasteiger partial charge in [-0.15, -0.1) is 0 Å². The van der Waals surface area contributed by atoms with Gasteiger partial charge in [0.1, 0.15) is 13.3 Å². The first-order chi connectivity index (χ1) is 9.74. The zero-order chi connectivity index (χ0) is 15.8. The number of aromatic nitrogens is 2. The Hall–Kier alpha value is -1.94. The van der Waals surface area contributed by atoms with E-state index in [0.717, 1.165) is 9.47 Å². The molecule has 0 aliphatic carbocycles. The van der Waals surface area contributed by atoms with Crippen molar-refractivity contribution in [1.82, 2.24) is 9.55 Å². The van der Waals surface area contributed by atoms with Gasteiger partial charge in [-0.3, -0.25) is 19.1 Å². The number of amides is 1. The molecular weight excluding hydrogens is 295 g/mol. The van der Waals surface area contributed by atoms with E-state index in [4.69, 9.17) is 9.47 Å². The van der Waals surface area contributed by atoms with Gasteiger partial charge in [0.15, 0.2) is 12.0 Å². The third-order valence-electron chi connectivity index (χ3n) is 2.88. The van der Waals surface area contributed by atoms with E-state index < -0.39 is 29.6 Å². The van der Waals surface area contributed by atoms with E-state index >= 15 is 0 Å². The summed E-state index contributed by atoms with van der Waals surface area (Å²) in [7, 11) is 1.37. The van der Waals surface area contributed by atoms with Gasteiger partial charge in [0.25, 0.3) is 11.5 Å². The zero-order valence-electron chi connectivity index (χ0n) is 11.2. The van der Waals surface area contributed by atoms with Crippen LogP contribution in [0.25, 0.3) is 0 Å². The summed E-state index contributed by atoms with van der Waals surface area (Å²) in [6, 6.07) is 0.360. The third-order valence-corrected chi connectivity index (χ3v) is 2.88. The number of methoxy groups -OCH3 is 1. The molecule has 1 amide bonds. The summed E-state index contributed by atoms with van der Waals surface area (Å²) in [6.07, 6.45) is -5.43. The number of ether oxygens (including phenoxy) is 2. The summed E-state index contributed by atoms with van der Waals surface area (Å²) in [5.41, 5.74) is -2.29. The standard InChI is InChI=1S/C11H12F3N3O4/c1-6(20-2)21-5-17-9(19)4-16-8(18)3-7(11(12,13)14)15-10(16)17/h3,6H,4-5H2,1-2H3. The van der Waals surface area contributed by atoms with Crippen LogP contribution in [0.1, 0.15) is 12.6 Å². The lowest BCUT2D eigenvalue weighted by Crippen LogP contribution is -2.32. The molecule has 0 saturated heterocycles. The maximum atomic E-state index is 12.7. The first kappa shape index (κ1) is 15.4. The van der Waals surface area contributed by atoms with Crippen molar-refractivity contribution in [3.63, 3.8) is 0 Å². The molecule has 1 atom stereocenters. The molecule has 7 nitrogen and oxygen atoms in total. The molecule has 10 heteroatoms. The number of fused-ring (bicyclic) bond motifs is 1. The molecule has 0 fully saturated rings. The minimum atomic E-state index is -4.77. The van der Waals surface area contributed by atoms with Crippen LogP contribution in [0.15, 0.2) is 10.9 Å². The Labute approximate surface area is 116 Å². The van der Waals surface area contributed by atoms with Gasteiger partial charge in [-0.2, -0.15) is 13.2 Å². The molecule has 116 valence electrons. The Morgan fingerprint density at radius 2 is 2.10 bits per heavy atom. The molecule has 1 unspecified atom stereocenters. The molecule has 2 rings (SSSR count). The van der Waals surface area contributed by atoms with Crippen LogP contribution in [-0.4, -0.2) is 35.6 Å². The number of anilines is 1. The number of nitrogens with zero attached hydrogens (tertiary/aromatic N) is 3. The van der Waals surface area contributed by atoms with E-state index in [2.05, 4.69) is 4.98 Å². The number of carbonyl (C=O) groups excluding carboxylic acids is 1. The van der Waals surface area contributed by atoms with Crippen LogP contribution >= 0.6 is 0 Å². The second-order valence-corrected chi connectivity index (χ2v) is 4.28. The highest BCUT2D eigenvalue weighted by Gasteiger charge is 2.38. The van der Waals surface area contributed by atoms with Gasteiger partial charge in [0.05, 0.1) is 0 Å². The van der Waals surface area contributed by atoms with Crippen molar-refractivity contribution in [2.75, 3.05) is 18.7 Å². The summed E-state index contributed by atoms with van der Waals surface area (Å²) >= 11 is 0. The average molecular weight is 307 g/mol. The lowest BCUT2D eigenvalue weighted by Gasteiger charge is -2.18. The van der Waals surface area contributed by atoms with E-state index in [-0.39, 0.29) is 19.2 Å². The molecule has 0 bridgehead atoms. The fraction of sp³-hybridized carbons (Fsp3) is 0.545. The number of alkyl halides is 3. The van der Waals surface area contributed by atoms with Gasteiger partial charge >= 0.3 is 6.18 Å². The fourth-order valence-electron chi connectivity index (χ4n) is 1.70. The van der Waals surface area contributed by atoms with Crippen LogP contribution in [0.4, 0.5) is 19.1 Å². The van der Waals surface area contributed by atoms with Crippen LogP contribution in [0.3, 0.4) is 0 Å².